The van der Waals surface area contributed by atoms with Gasteiger partial charge in [-0.3, -0.25) is 0 Å². The number of carbonyl (C=O) groups excluding carboxylic acids is 1. The molecule has 2 aliphatic rings. The second kappa shape index (κ2) is 7.42. The summed E-state index contributed by atoms with van der Waals surface area (Å²) in [5.41, 5.74) is 2.53. The van der Waals surface area contributed by atoms with Gasteiger partial charge in [0.1, 0.15) is 11.4 Å². The van der Waals surface area contributed by atoms with E-state index in [0.29, 0.717) is 19.4 Å². The zero-order valence-electron chi connectivity index (χ0n) is 16.2. The van der Waals surface area contributed by atoms with Crippen molar-refractivity contribution in [2.75, 3.05) is 6.54 Å². The van der Waals surface area contributed by atoms with Crippen LogP contribution in [0, 0.1) is 5.82 Å². The topological polar surface area (TPSA) is 29.5 Å². The number of nitrogens with zero attached hydrogens (tertiary/aromatic N) is 1. The molecule has 4 heteroatoms. The maximum absolute atomic E-state index is 13.3. The summed E-state index contributed by atoms with van der Waals surface area (Å²) in [5, 5.41) is 0. The van der Waals surface area contributed by atoms with Crippen LogP contribution in [0.2, 0.25) is 0 Å². The number of ether oxygens (including phenoxy) is 1. The first kappa shape index (κ1) is 18.7. The summed E-state index contributed by atoms with van der Waals surface area (Å²) in [6.07, 6.45) is 5.12. The largest absolute Gasteiger partial charge is 0.437 e. The zero-order chi connectivity index (χ0) is 19.7. The Balaban J connectivity index is 1.52. The van der Waals surface area contributed by atoms with Crippen molar-refractivity contribution >= 4 is 6.09 Å². The van der Waals surface area contributed by atoms with E-state index in [0.717, 1.165) is 17.0 Å². The van der Waals surface area contributed by atoms with Crippen LogP contribution in [-0.4, -0.2) is 17.5 Å². The maximum Gasteiger partial charge on any atom is 0.411 e. The summed E-state index contributed by atoms with van der Waals surface area (Å²) in [6, 6.07) is 14.8. The first-order valence-electron chi connectivity index (χ1n) is 9.99. The van der Waals surface area contributed by atoms with Crippen LogP contribution in [0.1, 0.15) is 61.3 Å². The van der Waals surface area contributed by atoms with E-state index in [2.05, 4.69) is 30.8 Å². The van der Waals surface area contributed by atoms with Crippen LogP contribution in [0.15, 0.2) is 61.2 Å². The van der Waals surface area contributed by atoms with Gasteiger partial charge in [0.2, 0.25) is 0 Å². The quantitative estimate of drug-likeness (QED) is 0.569. The molecule has 0 N–H and O–H groups in total. The number of benzene rings is 2. The molecule has 1 aliphatic heterocycles. The molecular weight excluding hydrogens is 353 g/mol. The van der Waals surface area contributed by atoms with E-state index in [9.17, 15) is 9.18 Å². The number of hydrogen-bond acceptors (Lipinski definition) is 2. The highest BCUT2D eigenvalue weighted by molar-refractivity contribution is 5.70. The molecule has 2 aromatic carbocycles. The SMILES string of the molecule is C=CCC1(c2ccc(F)cc2)CCN([C@@H](C)c2ccc(C3CC3)cc2)C(=O)O1. The number of hydrogen-bond donors (Lipinski definition) is 0. The Labute approximate surface area is 165 Å². The van der Waals surface area contributed by atoms with Gasteiger partial charge in [-0.15, -0.1) is 6.58 Å². The van der Waals surface area contributed by atoms with Crippen LogP contribution in [0.3, 0.4) is 0 Å². The summed E-state index contributed by atoms with van der Waals surface area (Å²) >= 11 is 0. The average Bonchev–Trinajstić information content (AvgIpc) is 3.54. The van der Waals surface area contributed by atoms with E-state index in [1.807, 2.05) is 6.92 Å². The van der Waals surface area contributed by atoms with Gasteiger partial charge in [-0.25, -0.2) is 9.18 Å². The molecule has 4 rings (SSSR count). The minimum absolute atomic E-state index is 0.0595. The van der Waals surface area contributed by atoms with Gasteiger partial charge in [0.05, 0.1) is 6.04 Å². The standard InChI is InChI=1S/C24H26FNO2/c1-3-14-24(21-10-12-22(25)13-11-21)15-16-26(23(27)28-24)17(2)18-4-6-19(7-5-18)20-8-9-20/h3-7,10-13,17,20H,1,8-9,14-16H2,2H3/t17-,24?/m0/s1. The lowest BCUT2D eigenvalue weighted by Gasteiger charge is -2.43. The number of rotatable bonds is 6. The van der Waals surface area contributed by atoms with Gasteiger partial charge in [-0.2, -0.15) is 0 Å². The molecule has 0 radical (unpaired) electrons. The number of cyclic esters (lactones) is 1. The minimum Gasteiger partial charge on any atom is -0.437 e. The predicted octanol–water partition coefficient (Wildman–Crippen LogP) is 6.08. The van der Waals surface area contributed by atoms with Gasteiger partial charge < -0.3 is 9.64 Å². The molecule has 146 valence electrons. The third-order valence-corrected chi connectivity index (χ3v) is 6.05. The van der Waals surface area contributed by atoms with E-state index in [1.165, 1.54) is 30.5 Å². The maximum atomic E-state index is 13.3. The van der Waals surface area contributed by atoms with Crippen molar-refractivity contribution in [2.45, 2.75) is 50.2 Å². The summed E-state index contributed by atoms with van der Waals surface area (Å²) in [6.45, 7) is 6.43. The van der Waals surface area contributed by atoms with Crippen molar-refractivity contribution in [3.05, 3.63) is 83.7 Å². The number of amides is 1. The zero-order valence-corrected chi connectivity index (χ0v) is 16.2. The highest BCUT2D eigenvalue weighted by Crippen LogP contribution is 2.42. The van der Waals surface area contributed by atoms with Crippen molar-refractivity contribution in [1.82, 2.24) is 4.90 Å². The average molecular weight is 379 g/mol. The minimum atomic E-state index is -0.779. The predicted molar refractivity (Wildman–Crippen MR) is 108 cm³/mol. The van der Waals surface area contributed by atoms with Gasteiger partial charge >= 0.3 is 6.09 Å². The highest BCUT2D eigenvalue weighted by Gasteiger charge is 2.42. The van der Waals surface area contributed by atoms with Gasteiger partial charge in [0, 0.05) is 19.4 Å². The second-order valence-electron chi connectivity index (χ2n) is 7.92. The molecule has 2 fully saturated rings. The molecule has 2 atom stereocenters. The molecule has 1 heterocycles. The Kier molecular flexibility index (Phi) is 4.96. The molecule has 0 aromatic heterocycles. The fraction of sp³-hybridized carbons (Fsp3) is 0.375. The fourth-order valence-electron chi connectivity index (χ4n) is 4.12. The molecule has 1 amide bonds. The lowest BCUT2D eigenvalue weighted by atomic mass is 9.85. The molecule has 1 unspecified atom stereocenters. The van der Waals surface area contributed by atoms with Crippen molar-refractivity contribution < 1.29 is 13.9 Å². The van der Waals surface area contributed by atoms with Gasteiger partial charge in [-0.05, 0) is 54.5 Å². The van der Waals surface area contributed by atoms with Crippen LogP contribution in [0.25, 0.3) is 0 Å². The number of carbonyl (C=O) groups is 1. The third-order valence-electron chi connectivity index (χ3n) is 6.05. The summed E-state index contributed by atoms with van der Waals surface area (Å²) in [7, 11) is 0. The molecular formula is C24H26FNO2. The Morgan fingerprint density at radius 2 is 1.89 bits per heavy atom. The molecule has 1 aliphatic carbocycles. The summed E-state index contributed by atoms with van der Waals surface area (Å²) in [4.78, 5) is 14.7. The molecule has 1 saturated heterocycles. The van der Waals surface area contributed by atoms with E-state index in [-0.39, 0.29) is 18.0 Å². The molecule has 0 spiro atoms. The van der Waals surface area contributed by atoms with E-state index in [4.69, 9.17) is 4.74 Å². The highest BCUT2D eigenvalue weighted by atomic mass is 19.1. The monoisotopic (exact) mass is 379 g/mol. The van der Waals surface area contributed by atoms with Crippen molar-refractivity contribution in [2.24, 2.45) is 0 Å². The normalized spacial score (nSPS) is 23.2. The van der Waals surface area contributed by atoms with Crippen LogP contribution >= 0.6 is 0 Å². The first-order valence-corrected chi connectivity index (χ1v) is 9.99. The fourth-order valence-corrected chi connectivity index (χ4v) is 4.12. The Morgan fingerprint density at radius 1 is 1.21 bits per heavy atom. The lowest BCUT2D eigenvalue weighted by Crippen LogP contribution is -2.48. The van der Waals surface area contributed by atoms with Crippen molar-refractivity contribution in [3.63, 3.8) is 0 Å². The second-order valence-corrected chi connectivity index (χ2v) is 7.92. The van der Waals surface area contributed by atoms with Crippen LogP contribution in [-0.2, 0) is 10.3 Å². The molecule has 1 saturated carbocycles. The van der Waals surface area contributed by atoms with Crippen molar-refractivity contribution in [3.8, 4) is 0 Å². The van der Waals surface area contributed by atoms with Gasteiger partial charge in [-0.1, -0.05) is 42.5 Å². The number of halogens is 1. The van der Waals surface area contributed by atoms with E-state index < -0.39 is 5.60 Å². The summed E-state index contributed by atoms with van der Waals surface area (Å²) < 4.78 is 19.3. The molecule has 0 bridgehead atoms. The van der Waals surface area contributed by atoms with Gasteiger partial charge in [0.15, 0.2) is 0 Å². The Bertz CT molecular complexity index is 857. The van der Waals surface area contributed by atoms with Crippen LogP contribution < -0.4 is 0 Å². The van der Waals surface area contributed by atoms with Crippen LogP contribution in [0.4, 0.5) is 9.18 Å². The van der Waals surface area contributed by atoms with Gasteiger partial charge in [0.25, 0.3) is 0 Å². The van der Waals surface area contributed by atoms with Crippen LogP contribution in [0.5, 0.6) is 0 Å². The van der Waals surface area contributed by atoms with E-state index in [1.54, 1.807) is 23.1 Å². The van der Waals surface area contributed by atoms with Crippen molar-refractivity contribution in [1.29, 1.82) is 0 Å². The molecule has 3 nitrogen and oxygen atoms in total. The summed E-state index contributed by atoms with van der Waals surface area (Å²) in [5.74, 6) is 0.420. The smallest absolute Gasteiger partial charge is 0.411 e. The third kappa shape index (κ3) is 3.56. The first-order chi connectivity index (χ1) is 13.5. The van der Waals surface area contributed by atoms with E-state index >= 15 is 0 Å². The lowest BCUT2D eigenvalue weighted by molar-refractivity contribution is -0.0588. The molecule has 28 heavy (non-hydrogen) atoms. The molecule has 2 aromatic rings. The Morgan fingerprint density at radius 3 is 2.46 bits per heavy atom. The Hall–Kier alpha value is -2.62.